The van der Waals surface area contributed by atoms with E-state index < -0.39 is 23.8 Å². The number of nitrogens with one attached hydrogen (secondary N) is 3. The molecule has 3 aliphatic rings. The second-order valence-corrected chi connectivity index (χ2v) is 8.42. The minimum Gasteiger partial charge on any atom is -0.493 e. The summed E-state index contributed by atoms with van der Waals surface area (Å²) < 4.78 is 5.43. The lowest BCUT2D eigenvalue weighted by atomic mass is 9.98. The first-order valence-corrected chi connectivity index (χ1v) is 11.1. The van der Waals surface area contributed by atoms with E-state index in [1.807, 2.05) is 6.92 Å². The average molecular weight is 486 g/mol. The standard InChI is InChI=1S/C26H23N5O5/c1-14-12-20(35-3)21-13-19(14)22(28-16-10-8-15(9-11-16)23(27)29-36-21)26(34)30(2)31-24(32)17-6-4-5-7-18(17)25(31)33/h4-13,22,28H,1-3H3,(H2,27,29). The van der Waals surface area contributed by atoms with Crippen LogP contribution in [-0.4, -0.2) is 47.7 Å². The Balaban J connectivity index is 1.58. The topological polar surface area (TPSA) is 124 Å². The molecule has 4 bridgehead atoms. The number of nitrogens with zero attached hydrogens (tertiary/aromatic N) is 2. The Kier molecular flexibility index (Phi) is 5.56. The summed E-state index contributed by atoms with van der Waals surface area (Å²) in [4.78, 5) is 45.6. The highest BCUT2D eigenvalue weighted by Gasteiger charge is 2.41. The number of hydrazine groups is 1. The van der Waals surface area contributed by atoms with E-state index in [4.69, 9.17) is 15.0 Å². The smallest absolute Gasteiger partial charge is 0.280 e. The zero-order chi connectivity index (χ0) is 25.6. The number of ether oxygens (including phenoxy) is 1. The first kappa shape index (κ1) is 22.9. The quantitative estimate of drug-likeness (QED) is 0.487. The number of likely N-dealkylation sites (N-methyl/N-ethyl adjacent to an activating group) is 1. The van der Waals surface area contributed by atoms with Crippen LogP contribution in [0.25, 0.3) is 0 Å². The maximum atomic E-state index is 13.9. The SMILES string of the molecule is COc1cc(C)c2cc1ONC(=N)c1ccc(cc1)NC2C(=O)N(C)N1C(=O)c2ccccc2C1=O. The molecule has 3 aliphatic heterocycles. The predicted octanol–water partition coefficient (Wildman–Crippen LogP) is 3.05. The third kappa shape index (κ3) is 3.68. The monoisotopic (exact) mass is 485 g/mol. The fourth-order valence-corrected chi connectivity index (χ4v) is 4.30. The summed E-state index contributed by atoms with van der Waals surface area (Å²) in [5.74, 6) is -0.956. The Bertz CT molecular complexity index is 1380. The number of aryl methyl sites for hydroxylation is 1. The van der Waals surface area contributed by atoms with Gasteiger partial charge >= 0.3 is 0 Å². The zero-order valence-corrected chi connectivity index (χ0v) is 19.8. The van der Waals surface area contributed by atoms with Crippen LogP contribution < -0.4 is 20.4 Å². The molecule has 10 heteroatoms. The van der Waals surface area contributed by atoms with Crippen molar-refractivity contribution in [3.05, 3.63) is 88.5 Å². The van der Waals surface area contributed by atoms with Crippen molar-refractivity contribution >= 4 is 29.2 Å². The van der Waals surface area contributed by atoms with Gasteiger partial charge in [-0.15, -0.1) is 0 Å². The number of hydroxylamine groups is 1. The minimum atomic E-state index is -0.989. The summed E-state index contributed by atoms with van der Waals surface area (Å²) in [5.41, 5.74) is 5.52. The summed E-state index contributed by atoms with van der Waals surface area (Å²) in [5, 5.41) is 13.3. The summed E-state index contributed by atoms with van der Waals surface area (Å²) in [7, 11) is 2.88. The molecule has 0 spiro atoms. The molecular weight excluding hydrogens is 462 g/mol. The third-order valence-electron chi connectivity index (χ3n) is 6.25. The lowest BCUT2D eigenvalue weighted by Crippen LogP contribution is -2.50. The largest absolute Gasteiger partial charge is 0.493 e. The molecule has 0 fully saturated rings. The van der Waals surface area contributed by atoms with Crippen molar-refractivity contribution in [3.8, 4) is 11.5 Å². The van der Waals surface area contributed by atoms with Gasteiger partial charge in [-0.05, 0) is 66.6 Å². The van der Waals surface area contributed by atoms with E-state index in [2.05, 4.69) is 10.8 Å². The molecule has 3 aromatic rings. The Morgan fingerprint density at radius 2 is 1.69 bits per heavy atom. The molecule has 6 rings (SSSR count). The number of hydrogen-bond donors (Lipinski definition) is 3. The Morgan fingerprint density at radius 1 is 1.06 bits per heavy atom. The van der Waals surface area contributed by atoms with Crippen LogP contribution in [0, 0.1) is 12.3 Å². The van der Waals surface area contributed by atoms with Crippen LogP contribution in [0.4, 0.5) is 5.69 Å². The molecule has 3 N–H and O–H groups in total. The molecule has 182 valence electrons. The van der Waals surface area contributed by atoms with Gasteiger partial charge in [0.05, 0.1) is 18.2 Å². The van der Waals surface area contributed by atoms with Crippen molar-refractivity contribution in [1.82, 2.24) is 15.5 Å². The van der Waals surface area contributed by atoms with Crippen LogP contribution >= 0.6 is 0 Å². The molecule has 3 heterocycles. The maximum absolute atomic E-state index is 13.9. The highest BCUT2D eigenvalue weighted by Crippen LogP contribution is 2.36. The fraction of sp³-hybridized carbons (Fsp3) is 0.154. The van der Waals surface area contributed by atoms with Crippen LogP contribution in [0.5, 0.6) is 11.5 Å². The van der Waals surface area contributed by atoms with Crippen LogP contribution in [-0.2, 0) is 4.79 Å². The lowest BCUT2D eigenvalue weighted by Gasteiger charge is -2.31. The molecule has 0 saturated heterocycles. The fourth-order valence-electron chi connectivity index (χ4n) is 4.30. The number of carbonyl (C=O) groups is 3. The number of fused-ring (bicyclic) bond motifs is 6. The van der Waals surface area contributed by atoms with Gasteiger partial charge in [-0.2, -0.15) is 5.01 Å². The lowest BCUT2D eigenvalue weighted by molar-refractivity contribution is -0.140. The van der Waals surface area contributed by atoms with Crippen molar-refractivity contribution in [2.75, 3.05) is 19.5 Å². The highest BCUT2D eigenvalue weighted by atomic mass is 16.7. The molecule has 1 unspecified atom stereocenters. The van der Waals surface area contributed by atoms with E-state index in [9.17, 15) is 14.4 Å². The first-order chi connectivity index (χ1) is 17.3. The number of rotatable bonds is 3. The van der Waals surface area contributed by atoms with Crippen molar-refractivity contribution in [2.24, 2.45) is 0 Å². The third-order valence-corrected chi connectivity index (χ3v) is 6.25. The molecule has 1 atom stereocenters. The molecule has 0 aliphatic carbocycles. The number of anilines is 1. The summed E-state index contributed by atoms with van der Waals surface area (Å²) >= 11 is 0. The van der Waals surface area contributed by atoms with Crippen LogP contribution in [0.2, 0.25) is 0 Å². The number of imide groups is 1. The highest BCUT2D eigenvalue weighted by molar-refractivity contribution is 6.21. The van der Waals surface area contributed by atoms with Crippen molar-refractivity contribution in [2.45, 2.75) is 13.0 Å². The molecule has 10 nitrogen and oxygen atoms in total. The van der Waals surface area contributed by atoms with Gasteiger partial charge in [0.1, 0.15) is 6.04 Å². The number of methoxy groups -OCH3 is 1. The first-order valence-electron chi connectivity index (χ1n) is 11.1. The summed E-state index contributed by atoms with van der Waals surface area (Å²) in [6.45, 7) is 1.82. The minimum absolute atomic E-state index is 0.0456. The van der Waals surface area contributed by atoms with E-state index >= 15 is 0 Å². The second kappa shape index (κ2) is 8.73. The van der Waals surface area contributed by atoms with Gasteiger partial charge in [0.2, 0.25) is 0 Å². The van der Waals surface area contributed by atoms with Crippen LogP contribution in [0.15, 0.2) is 60.7 Å². The van der Waals surface area contributed by atoms with E-state index in [1.54, 1.807) is 60.7 Å². The molecule has 3 aromatic carbocycles. The van der Waals surface area contributed by atoms with Crippen molar-refractivity contribution in [1.29, 1.82) is 5.41 Å². The zero-order valence-electron chi connectivity index (χ0n) is 19.8. The number of amides is 3. The maximum Gasteiger partial charge on any atom is 0.280 e. The second-order valence-electron chi connectivity index (χ2n) is 8.42. The molecule has 3 amide bonds. The van der Waals surface area contributed by atoms with Gasteiger partial charge in [0.25, 0.3) is 17.7 Å². The number of hydrogen-bond acceptors (Lipinski definition) is 7. The van der Waals surface area contributed by atoms with Gasteiger partial charge < -0.3 is 14.9 Å². The number of amidine groups is 1. The normalized spacial score (nSPS) is 16.2. The number of carbonyl (C=O) groups excluding carboxylic acids is 3. The Labute approximate surface area is 206 Å². The Morgan fingerprint density at radius 3 is 2.31 bits per heavy atom. The van der Waals surface area contributed by atoms with Gasteiger partial charge in [-0.3, -0.25) is 19.8 Å². The average Bonchev–Trinajstić information content (AvgIpc) is 3.14. The van der Waals surface area contributed by atoms with Crippen LogP contribution in [0.3, 0.4) is 0 Å². The van der Waals surface area contributed by atoms with E-state index in [0.29, 0.717) is 28.1 Å². The Hall–Kier alpha value is -4.86. The van der Waals surface area contributed by atoms with E-state index in [-0.39, 0.29) is 22.7 Å². The van der Waals surface area contributed by atoms with Crippen molar-refractivity contribution < 1.29 is 24.0 Å². The molecule has 0 radical (unpaired) electrons. The molecule has 0 aromatic heterocycles. The molecule has 36 heavy (non-hydrogen) atoms. The molecular formula is C26H23N5O5. The van der Waals surface area contributed by atoms with Crippen molar-refractivity contribution in [3.63, 3.8) is 0 Å². The van der Waals surface area contributed by atoms with E-state index in [0.717, 1.165) is 10.0 Å². The van der Waals surface area contributed by atoms with Gasteiger partial charge in [0, 0.05) is 18.3 Å². The van der Waals surface area contributed by atoms with E-state index in [1.165, 1.54) is 14.2 Å². The summed E-state index contributed by atoms with van der Waals surface area (Å²) in [6.07, 6.45) is 0. The summed E-state index contributed by atoms with van der Waals surface area (Å²) in [6, 6.07) is 15.7. The van der Waals surface area contributed by atoms with Gasteiger partial charge in [0.15, 0.2) is 17.3 Å². The predicted molar refractivity (Wildman–Crippen MR) is 131 cm³/mol. The van der Waals surface area contributed by atoms with Gasteiger partial charge in [-0.1, -0.05) is 12.1 Å². The number of benzene rings is 3. The van der Waals surface area contributed by atoms with Gasteiger partial charge in [-0.25, -0.2) is 10.5 Å². The molecule has 0 saturated carbocycles. The van der Waals surface area contributed by atoms with Crippen LogP contribution in [0.1, 0.15) is 43.4 Å².